The minimum absolute atomic E-state index is 0.0659. The molecule has 3 rings (SSSR count). The Hall–Kier alpha value is -1.94. The number of benzene rings is 1. The van der Waals surface area contributed by atoms with Gasteiger partial charge in [0.05, 0.1) is 5.52 Å². The van der Waals surface area contributed by atoms with Crippen molar-refractivity contribution in [1.29, 1.82) is 0 Å². The third-order valence-corrected chi connectivity index (χ3v) is 4.04. The predicted octanol–water partition coefficient (Wildman–Crippen LogP) is 2.34. The molecule has 1 amide bonds. The van der Waals surface area contributed by atoms with Gasteiger partial charge in [0.1, 0.15) is 0 Å². The third-order valence-electron chi connectivity index (χ3n) is 4.04. The first kappa shape index (κ1) is 14.0. The number of hydrogen-bond donors (Lipinski definition) is 1. The molecule has 1 aliphatic rings. The molecule has 2 aromatic rings. The Labute approximate surface area is 125 Å². The fourth-order valence-corrected chi connectivity index (χ4v) is 3.15. The number of likely N-dealkylation sites (tertiary alicyclic amines) is 1. The average Bonchev–Trinajstić information content (AvgIpc) is 2.47. The van der Waals surface area contributed by atoms with E-state index >= 15 is 0 Å². The van der Waals surface area contributed by atoms with Crippen LogP contribution in [0.5, 0.6) is 0 Å². The molecule has 4 nitrogen and oxygen atoms in total. The Balaban J connectivity index is 1.74. The molecule has 1 fully saturated rings. The number of amides is 1. The Morgan fingerprint density at radius 3 is 3.14 bits per heavy atom. The van der Waals surface area contributed by atoms with Crippen LogP contribution in [-0.4, -0.2) is 34.9 Å². The van der Waals surface area contributed by atoms with Crippen LogP contribution < -0.4 is 5.32 Å². The van der Waals surface area contributed by atoms with Gasteiger partial charge in [0.15, 0.2) is 0 Å². The first-order valence-electron chi connectivity index (χ1n) is 7.54. The van der Waals surface area contributed by atoms with Gasteiger partial charge in [0.25, 0.3) is 0 Å². The molecule has 1 aliphatic heterocycles. The van der Waals surface area contributed by atoms with Crippen molar-refractivity contribution in [3.8, 4) is 0 Å². The van der Waals surface area contributed by atoms with Gasteiger partial charge in [-0.15, -0.1) is 0 Å². The van der Waals surface area contributed by atoms with Crippen molar-refractivity contribution in [3.63, 3.8) is 0 Å². The Morgan fingerprint density at radius 2 is 2.29 bits per heavy atom. The molecule has 0 spiro atoms. The van der Waals surface area contributed by atoms with Crippen LogP contribution in [0.2, 0.25) is 0 Å². The summed E-state index contributed by atoms with van der Waals surface area (Å²) in [5.74, 6) is 0.0659. The van der Waals surface area contributed by atoms with E-state index in [4.69, 9.17) is 0 Å². The first-order chi connectivity index (χ1) is 10.2. The van der Waals surface area contributed by atoms with Crippen LogP contribution in [0.15, 0.2) is 36.5 Å². The number of carbonyl (C=O) groups is 1. The predicted molar refractivity (Wildman–Crippen MR) is 83.9 cm³/mol. The van der Waals surface area contributed by atoms with Gasteiger partial charge in [-0.05, 0) is 37.1 Å². The maximum absolute atomic E-state index is 11.2. The summed E-state index contributed by atoms with van der Waals surface area (Å²) in [5.41, 5.74) is 2.36. The summed E-state index contributed by atoms with van der Waals surface area (Å²) in [6.07, 6.45) is 4.04. The topological polar surface area (TPSA) is 45.2 Å². The normalized spacial score (nSPS) is 19.6. The molecule has 1 aromatic heterocycles. The SMILES string of the molecule is CC(=O)N[C@H]1CCCN(Cc2cccc3ncccc23)C1. The number of nitrogens with zero attached hydrogens (tertiary/aromatic N) is 2. The highest BCUT2D eigenvalue weighted by molar-refractivity contribution is 5.81. The lowest BCUT2D eigenvalue weighted by atomic mass is 10.0. The molecule has 0 radical (unpaired) electrons. The molecule has 1 aromatic carbocycles. The van der Waals surface area contributed by atoms with Crippen LogP contribution in [0.1, 0.15) is 25.3 Å². The van der Waals surface area contributed by atoms with Crippen LogP contribution in [0.4, 0.5) is 0 Å². The molecule has 0 aliphatic carbocycles. The second kappa shape index (κ2) is 6.22. The Bertz CT molecular complexity index is 635. The molecule has 1 N–H and O–H groups in total. The molecular formula is C17H21N3O. The van der Waals surface area contributed by atoms with E-state index in [9.17, 15) is 4.79 Å². The summed E-state index contributed by atoms with van der Waals surface area (Å²) >= 11 is 0. The summed E-state index contributed by atoms with van der Waals surface area (Å²) in [6, 6.07) is 10.7. The van der Waals surface area contributed by atoms with Gasteiger partial charge in [-0.25, -0.2) is 0 Å². The highest BCUT2D eigenvalue weighted by Crippen LogP contribution is 2.20. The van der Waals surface area contributed by atoms with E-state index in [1.54, 1.807) is 6.92 Å². The van der Waals surface area contributed by atoms with E-state index in [0.717, 1.165) is 38.0 Å². The molecule has 0 bridgehead atoms. The Morgan fingerprint density at radius 1 is 1.38 bits per heavy atom. The smallest absolute Gasteiger partial charge is 0.217 e. The number of rotatable bonds is 3. The van der Waals surface area contributed by atoms with Crippen molar-refractivity contribution in [2.24, 2.45) is 0 Å². The zero-order valence-corrected chi connectivity index (χ0v) is 12.4. The molecule has 0 unspecified atom stereocenters. The van der Waals surface area contributed by atoms with Crippen LogP contribution in [0.3, 0.4) is 0 Å². The summed E-state index contributed by atoms with van der Waals surface area (Å²) in [4.78, 5) is 18.1. The molecule has 2 heterocycles. The van der Waals surface area contributed by atoms with Gasteiger partial charge < -0.3 is 5.32 Å². The van der Waals surface area contributed by atoms with Crippen LogP contribution in [-0.2, 0) is 11.3 Å². The monoisotopic (exact) mass is 283 g/mol. The fourth-order valence-electron chi connectivity index (χ4n) is 3.15. The highest BCUT2D eigenvalue weighted by atomic mass is 16.1. The van der Waals surface area contributed by atoms with Crippen LogP contribution >= 0.6 is 0 Å². The number of aromatic nitrogens is 1. The van der Waals surface area contributed by atoms with Crippen molar-refractivity contribution in [2.75, 3.05) is 13.1 Å². The minimum Gasteiger partial charge on any atom is -0.352 e. The van der Waals surface area contributed by atoms with E-state index < -0.39 is 0 Å². The molecule has 110 valence electrons. The maximum atomic E-state index is 11.2. The van der Waals surface area contributed by atoms with E-state index in [-0.39, 0.29) is 11.9 Å². The number of carbonyl (C=O) groups excluding carboxylic acids is 1. The van der Waals surface area contributed by atoms with E-state index in [1.807, 2.05) is 12.3 Å². The van der Waals surface area contributed by atoms with E-state index in [0.29, 0.717) is 0 Å². The number of pyridine rings is 1. The standard InChI is InChI=1S/C17H21N3O/c1-13(21)19-15-6-4-10-20(12-15)11-14-5-2-8-17-16(14)7-3-9-18-17/h2-3,5,7-9,15H,4,6,10-12H2,1H3,(H,19,21)/t15-/m0/s1. The minimum atomic E-state index is 0.0659. The second-order valence-electron chi connectivity index (χ2n) is 5.76. The molecule has 0 saturated carbocycles. The summed E-state index contributed by atoms with van der Waals surface area (Å²) < 4.78 is 0. The lowest BCUT2D eigenvalue weighted by Crippen LogP contribution is -2.46. The van der Waals surface area contributed by atoms with Crippen molar-refractivity contribution in [3.05, 3.63) is 42.1 Å². The van der Waals surface area contributed by atoms with Crippen LogP contribution in [0, 0.1) is 0 Å². The van der Waals surface area contributed by atoms with Gasteiger partial charge in [-0.3, -0.25) is 14.7 Å². The molecule has 1 saturated heterocycles. The summed E-state index contributed by atoms with van der Waals surface area (Å²) in [7, 11) is 0. The zero-order valence-electron chi connectivity index (χ0n) is 12.4. The Kier molecular flexibility index (Phi) is 4.15. The van der Waals surface area contributed by atoms with Gasteiger partial charge in [-0.1, -0.05) is 18.2 Å². The lowest BCUT2D eigenvalue weighted by molar-refractivity contribution is -0.120. The molecule has 21 heavy (non-hydrogen) atoms. The van der Waals surface area contributed by atoms with Gasteiger partial charge in [0.2, 0.25) is 5.91 Å². The lowest BCUT2D eigenvalue weighted by Gasteiger charge is -2.33. The van der Waals surface area contributed by atoms with E-state index in [2.05, 4.69) is 39.5 Å². The van der Waals surface area contributed by atoms with Crippen molar-refractivity contribution >= 4 is 16.8 Å². The quantitative estimate of drug-likeness (QED) is 0.940. The van der Waals surface area contributed by atoms with Gasteiger partial charge in [-0.2, -0.15) is 0 Å². The van der Waals surface area contributed by atoms with Gasteiger partial charge in [0, 0.05) is 37.6 Å². The summed E-state index contributed by atoms with van der Waals surface area (Å²) in [5, 5.41) is 4.27. The zero-order chi connectivity index (χ0) is 14.7. The largest absolute Gasteiger partial charge is 0.352 e. The molecule has 4 heteroatoms. The first-order valence-corrected chi connectivity index (χ1v) is 7.54. The fraction of sp³-hybridized carbons (Fsp3) is 0.412. The van der Waals surface area contributed by atoms with Crippen molar-refractivity contribution in [1.82, 2.24) is 15.2 Å². The highest BCUT2D eigenvalue weighted by Gasteiger charge is 2.20. The van der Waals surface area contributed by atoms with E-state index in [1.165, 1.54) is 10.9 Å². The number of hydrogen-bond acceptors (Lipinski definition) is 3. The van der Waals surface area contributed by atoms with Crippen molar-refractivity contribution < 1.29 is 4.79 Å². The number of fused-ring (bicyclic) bond motifs is 1. The van der Waals surface area contributed by atoms with Crippen molar-refractivity contribution in [2.45, 2.75) is 32.4 Å². The number of piperidine rings is 1. The third kappa shape index (κ3) is 3.39. The summed E-state index contributed by atoms with van der Waals surface area (Å²) in [6.45, 7) is 4.53. The second-order valence-corrected chi connectivity index (χ2v) is 5.76. The average molecular weight is 283 g/mol. The number of nitrogens with one attached hydrogen (secondary N) is 1. The molecular weight excluding hydrogens is 262 g/mol. The molecule has 1 atom stereocenters. The van der Waals surface area contributed by atoms with Crippen LogP contribution in [0.25, 0.3) is 10.9 Å². The van der Waals surface area contributed by atoms with Gasteiger partial charge >= 0.3 is 0 Å². The maximum Gasteiger partial charge on any atom is 0.217 e.